The highest BCUT2D eigenvalue weighted by Gasteiger charge is 2.29. The van der Waals surface area contributed by atoms with Gasteiger partial charge in [0.15, 0.2) is 0 Å². The Morgan fingerprint density at radius 2 is 1.95 bits per heavy atom. The van der Waals surface area contributed by atoms with Crippen molar-refractivity contribution in [3.05, 3.63) is 58.3 Å². The molecular weight excluding hydrogens is 278 g/mol. The van der Waals surface area contributed by atoms with Crippen LogP contribution in [0.2, 0.25) is 0 Å². The lowest BCUT2D eigenvalue weighted by Crippen LogP contribution is -2.42. The molecule has 0 radical (unpaired) electrons. The minimum atomic E-state index is -0.459. The number of nitrogens with zero attached hydrogens (tertiary/aromatic N) is 1. The van der Waals surface area contributed by atoms with Gasteiger partial charge in [0.05, 0.1) is 5.41 Å². The van der Waals surface area contributed by atoms with E-state index in [0.717, 1.165) is 24.8 Å². The molecule has 1 heterocycles. The van der Waals surface area contributed by atoms with Crippen molar-refractivity contribution in [2.24, 2.45) is 0 Å². The van der Waals surface area contributed by atoms with Crippen LogP contribution in [0.3, 0.4) is 0 Å². The number of carbonyl (C=O) groups is 1. The van der Waals surface area contributed by atoms with Crippen LogP contribution in [-0.2, 0) is 16.6 Å². The van der Waals surface area contributed by atoms with Crippen LogP contribution in [0.25, 0.3) is 0 Å². The molecule has 0 aliphatic rings. The van der Waals surface area contributed by atoms with E-state index in [9.17, 15) is 4.79 Å². The van der Waals surface area contributed by atoms with E-state index in [1.807, 2.05) is 37.3 Å². The summed E-state index contributed by atoms with van der Waals surface area (Å²) in [7, 11) is 2.10. The maximum atomic E-state index is 11.7. The molecule has 0 saturated heterocycles. The normalized spacial score (nSPS) is 15.6. The third-order valence-electron chi connectivity index (χ3n) is 4.10. The molecule has 2 rings (SSSR count). The molecule has 2 unspecified atom stereocenters. The number of aldehydes is 1. The van der Waals surface area contributed by atoms with Crippen LogP contribution in [0.1, 0.15) is 24.3 Å². The Balaban J connectivity index is 2.05. The van der Waals surface area contributed by atoms with Gasteiger partial charge in [-0.05, 0) is 44.3 Å². The second-order valence-electron chi connectivity index (χ2n) is 5.95. The average molecular weight is 301 g/mol. The van der Waals surface area contributed by atoms with Crippen LogP contribution >= 0.6 is 11.3 Å². The number of likely N-dealkylation sites (N-methyl/N-ethyl adjacent to an activating group) is 1. The number of thiophene rings is 1. The highest BCUT2D eigenvalue weighted by atomic mass is 32.1. The summed E-state index contributed by atoms with van der Waals surface area (Å²) in [6.07, 6.45) is 2.11. The molecule has 0 spiro atoms. The molecular formula is C18H23NOS. The van der Waals surface area contributed by atoms with Crippen molar-refractivity contribution in [2.75, 3.05) is 13.6 Å². The molecule has 1 aromatic heterocycles. The van der Waals surface area contributed by atoms with Gasteiger partial charge in [0.25, 0.3) is 0 Å². The Hall–Kier alpha value is -1.45. The second kappa shape index (κ2) is 7.01. The molecule has 0 aliphatic heterocycles. The van der Waals surface area contributed by atoms with Crippen molar-refractivity contribution in [1.82, 2.24) is 4.90 Å². The van der Waals surface area contributed by atoms with Crippen molar-refractivity contribution in [3.63, 3.8) is 0 Å². The Labute approximate surface area is 131 Å². The summed E-state index contributed by atoms with van der Waals surface area (Å²) >= 11 is 1.79. The summed E-state index contributed by atoms with van der Waals surface area (Å²) in [5, 5.41) is 2.11. The van der Waals surface area contributed by atoms with Gasteiger partial charge >= 0.3 is 0 Å². The zero-order chi connectivity index (χ0) is 15.3. The zero-order valence-electron chi connectivity index (χ0n) is 13.0. The minimum Gasteiger partial charge on any atom is -0.302 e. The SMILES string of the molecule is CC(Cc1cccs1)N(C)CC(C)(C=O)c1ccccc1. The van der Waals surface area contributed by atoms with E-state index in [2.05, 4.69) is 36.4 Å². The van der Waals surface area contributed by atoms with Crippen molar-refractivity contribution in [1.29, 1.82) is 0 Å². The van der Waals surface area contributed by atoms with Crippen molar-refractivity contribution in [3.8, 4) is 0 Å². The average Bonchev–Trinajstić information content (AvgIpc) is 3.00. The maximum Gasteiger partial charge on any atom is 0.131 e. The van der Waals surface area contributed by atoms with E-state index in [4.69, 9.17) is 0 Å². The Kier molecular flexibility index (Phi) is 5.32. The Bertz CT molecular complexity index is 552. The smallest absolute Gasteiger partial charge is 0.131 e. The van der Waals surface area contributed by atoms with E-state index in [1.165, 1.54) is 4.88 Å². The van der Waals surface area contributed by atoms with Crippen LogP contribution in [0.5, 0.6) is 0 Å². The van der Waals surface area contributed by atoms with Crippen LogP contribution in [0.15, 0.2) is 47.8 Å². The van der Waals surface area contributed by atoms with Gasteiger partial charge in [0.2, 0.25) is 0 Å². The summed E-state index contributed by atoms with van der Waals surface area (Å²) in [6.45, 7) is 4.96. The molecule has 0 fully saturated rings. The van der Waals surface area contributed by atoms with E-state index >= 15 is 0 Å². The van der Waals surface area contributed by atoms with Gasteiger partial charge in [-0.2, -0.15) is 0 Å². The summed E-state index contributed by atoms with van der Waals surface area (Å²) < 4.78 is 0. The van der Waals surface area contributed by atoms with Crippen molar-refractivity contribution >= 4 is 17.6 Å². The van der Waals surface area contributed by atoms with Gasteiger partial charge in [-0.3, -0.25) is 0 Å². The third-order valence-corrected chi connectivity index (χ3v) is 5.00. The van der Waals surface area contributed by atoms with Gasteiger partial charge < -0.3 is 9.69 Å². The molecule has 112 valence electrons. The first-order chi connectivity index (χ1) is 10.0. The number of hydrogen-bond acceptors (Lipinski definition) is 3. The standard InChI is InChI=1S/C18H23NOS/c1-15(12-17-10-7-11-21-17)19(3)13-18(2,14-20)16-8-5-4-6-9-16/h4-11,14-15H,12-13H2,1-3H3. The van der Waals surface area contributed by atoms with Crippen LogP contribution < -0.4 is 0 Å². The van der Waals surface area contributed by atoms with Gasteiger partial charge in [-0.25, -0.2) is 0 Å². The maximum absolute atomic E-state index is 11.7. The van der Waals surface area contributed by atoms with Crippen LogP contribution in [-0.4, -0.2) is 30.8 Å². The molecule has 2 nitrogen and oxygen atoms in total. The molecule has 3 heteroatoms. The van der Waals surface area contributed by atoms with Gasteiger partial charge in [-0.15, -0.1) is 11.3 Å². The molecule has 0 aliphatic carbocycles. The largest absolute Gasteiger partial charge is 0.302 e. The second-order valence-corrected chi connectivity index (χ2v) is 6.98. The fraction of sp³-hybridized carbons (Fsp3) is 0.389. The topological polar surface area (TPSA) is 20.3 Å². The molecule has 21 heavy (non-hydrogen) atoms. The fourth-order valence-corrected chi connectivity index (χ4v) is 3.39. The van der Waals surface area contributed by atoms with Crippen molar-refractivity contribution in [2.45, 2.75) is 31.7 Å². The van der Waals surface area contributed by atoms with Gasteiger partial charge in [0.1, 0.15) is 6.29 Å². The molecule has 1 aromatic carbocycles. The zero-order valence-corrected chi connectivity index (χ0v) is 13.8. The summed E-state index contributed by atoms with van der Waals surface area (Å²) in [4.78, 5) is 15.3. The quantitative estimate of drug-likeness (QED) is 0.726. The predicted octanol–water partition coefficient (Wildman–Crippen LogP) is 3.77. The number of rotatable bonds is 7. The van der Waals surface area contributed by atoms with Crippen molar-refractivity contribution < 1.29 is 4.79 Å². The monoisotopic (exact) mass is 301 g/mol. The fourth-order valence-electron chi connectivity index (χ4n) is 2.57. The highest BCUT2D eigenvalue weighted by molar-refractivity contribution is 7.09. The molecule has 2 atom stereocenters. The van der Waals surface area contributed by atoms with Gasteiger partial charge in [-0.1, -0.05) is 36.4 Å². The molecule has 0 N–H and O–H groups in total. The lowest BCUT2D eigenvalue weighted by Gasteiger charge is -2.33. The molecule has 0 amide bonds. The van der Waals surface area contributed by atoms with Gasteiger partial charge in [0, 0.05) is 17.5 Å². The Morgan fingerprint density at radius 3 is 2.52 bits per heavy atom. The van der Waals surface area contributed by atoms with Crippen LogP contribution in [0.4, 0.5) is 0 Å². The number of carbonyl (C=O) groups excluding carboxylic acids is 1. The number of hydrogen-bond donors (Lipinski definition) is 0. The lowest BCUT2D eigenvalue weighted by molar-refractivity contribution is -0.112. The van der Waals surface area contributed by atoms with Crippen LogP contribution in [0, 0.1) is 0 Å². The third kappa shape index (κ3) is 4.02. The first-order valence-electron chi connectivity index (χ1n) is 7.29. The summed E-state index contributed by atoms with van der Waals surface area (Å²) in [5.41, 5.74) is 0.620. The molecule has 0 bridgehead atoms. The lowest BCUT2D eigenvalue weighted by atomic mass is 9.83. The molecule has 2 aromatic rings. The van der Waals surface area contributed by atoms with E-state index in [1.54, 1.807) is 11.3 Å². The van der Waals surface area contributed by atoms with E-state index < -0.39 is 5.41 Å². The highest BCUT2D eigenvalue weighted by Crippen LogP contribution is 2.24. The summed E-state index contributed by atoms with van der Waals surface area (Å²) in [5.74, 6) is 0. The first kappa shape index (κ1) is 15.9. The van der Waals surface area contributed by atoms with E-state index in [-0.39, 0.29) is 0 Å². The molecule has 0 saturated carbocycles. The summed E-state index contributed by atoms with van der Waals surface area (Å²) in [6, 6.07) is 14.7. The van der Waals surface area contributed by atoms with E-state index in [0.29, 0.717) is 6.04 Å². The Morgan fingerprint density at radius 1 is 1.24 bits per heavy atom. The minimum absolute atomic E-state index is 0.409. The predicted molar refractivity (Wildman–Crippen MR) is 90.0 cm³/mol. The first-order valence-corrected chi connectivity index (χ1v) is 8.17. The number of benzene rings is 1.